The lowest BCUT2D eigenvalue weighted by Gasteiger charge is -2.29. The number of carbonyl (C=O) groups excluding carboxylic acids is 1. The van der Waals surface area contributed by atoms with Crippen molar-refractivity contribution in [2.24, 2.45) is 5.41 Å². The summed E-state index contributed by atoms with van der Waals surface area (Å²) in [5.74, 6) is -0.00109. The minimum atomic E-state index is -0.905. The molecule has 0 aliphatic heterocycles. The molecular formula is C13H26N2O3S. The Hall–Kier alpha value is -0.910. The lowest BCUT2D eigenvalue weighted by molar-refractivity contribution is -0.147. The monoisotopic (exact) mass is 290 g/mol. The number of rotatable bonds is 8. The van der Waals surface area contributed by atoms with Crippen LogP contribution in [-0.4, -0.2) is 53.6 Å². The van der Waals surface area contributed by atoms with Crippen LogP contribution < -0.4 is 5.32 Å². The fourth-order valence-corrected chi connectivity index (χ4v) is 2.45. The number of carboxylic acid groups (broad SMARTS) is 1. The molecule has 0 saturated carbocycles. The molecule has 0 aromatic heterocycles. The van der Waals surface area contributed by atoms with Crippen molar-refractivity contribution < 1.29 is 14.7 Å². The van der Waals surface area contributed by atoms with E-state index in [1.54, 1.807) is 30.6 Å². The van der Waals surface area contributed by atoms with Crippen molar-refractivity contribution >= 4 is 23.8 Å². The molecule has 0 radical (unpaired) electrons. The fourth-order valence-electron chi connectivity index (χ4n) is 1.61. The highest BCUT2D eigenvalue weighted by atomic mass is 32.2. The molecule has 5 nitrogen and oxygen atoms in total. The molecule has 0 aliphatic carbocycles. The third-order valence-corrected chi connectivity index (χ3v) is 4.34. The maximum absolute atomic E-state index is 12.0. The second kappa shape index (κ2) is 8.30. The molecule has 0 rings (SSSR count). The molecule has 0 aliphatic rings. The van der Waals surface area contributed by atoms with Crippen LogP contribution >= 0.6 is 11.8 Å². The Balaban J connectivity index is 4.48. The molecule has 2 unspecified atom stereocenters. The zero-order valence-corrected chi connectivity index (χ0v) is 13.3. The number of carbonyl (C=O) groups is 2. The van der Waals surface area contributed by atoms with Crippen molar-refractivity contribution in [3.63, 3.8) is 0 Å². The summed E-state index contributed by atoms with van der Waals surface area (Å²) in [4.78, 5) is 24.8. The standard InChI is InChI=1S/C13H26N2O3S/c1-6-10(8-19-5)15(4)12(18)14-9-13(3,7-2)11(16)17/h10H,6-9H2,1-5H3,(H,14,18)(H,16,17). The summed E-state index contributed by atoms with van der Waals surface area (Å²) >= 11 is 1.70. The van der Waals surface area contributed by atoms with E-state index in [1.807, 2.05) is 20.1 Å². The van der Waals surface area contributed by atoms with E-state index < -0.39 is 11.4 Å². The van der Waals surface area contributed by atoms with Gasteiger partial charge in [-0.25, -0.2) is 4.79 Å². The molecule has 2 amide bonds. The van der Waals surface area contributed by atoms with Gasteiger partial charge in [0, 0.05) is 25.4 Å². The number of hydrogen-bond donors (Lipinski definition) is 2. The number of amides is 2. The Morgan fingerprint density at radius 2 is 2.00 bits per heavy atom. The Bertz CT molecular complexity index is 312. The van der Waals surface area contributed by atoms with Crippen LogP contribution in [0, 0.1) is 5.41 Å². The molecule has 2 atom stereocenters. The largest absolute Gasteiger partial charge is 0.481 e. The molecule has 0 aromatic carbocycles. The van der Waals surface area contributed by atoms with E-state index in [4.69, 9.17) is 5.11 Å². The van der Waals surface area contributed by atoms with Gasteiger partial charge in [0.2, 0.25) is 0 Å². The first-order valence-electron chi connectivity index (χ1n) is 6.55. The predicted octanol–water partition coefficient (Wildman–Crippen LogP) is 2.27. The fraction of sp³-hybridized carbons (Fsp3) is 0.846. The molecule has 0 spiro atoms. The topological polar surface area (TPSA) is 69.6 Å². The third kappa shape index (κ3) is 5.30. The molecule has 0 bridgehead atoms. The Kier molecular flexibility index (Phi) is 7.90. The van der Waals surface area contributed by atoms with Crippen molar-refractivity contribution in [3.8, 4) is 0 Å². The highest BCUT2D eigenvalue weighted by molar-refractivity contribution is 7.98. The maximum atomic E-state index is 12.0. The highest BCUT2D eigenvalue weighted by Crippen LogP contribution is 2.20. The summed E-state index contributed by atoms with van der Waals surface area (Å²) in [5.41, 5.74) is -0.905. The lowest BCUT2D eigenvalue weighted by atomic mass is 9.88. The summed E-state index contributed by atoms with van der Waals surface area (Å²) in [6, 6.07) is -0.0328. The van der Waals surface area contributed by atoms with Gasteiger partial charge < -0.3 is 15.3 Å². The van der Waals surface area contributed by atoms with Crippen LogP contribution in [0.25, 0.3) is 0 Å². The molecule has 0 saturated heterocycles. The number of nitrogens with one attached hydrogen (secondary N) is 1. The van der Waals surface area contributed by atoms with Gasteiger partial charge >= 0.3 is 12.0 Å². The lowest BCUT2D eigenvalue weighted by Crippen LogP contribution is -2.48. The number of hydrogen-bond acceptors (Lipinski definition) is 3. The summed E-state index contributed by atoms with van der Waals surface area (Å²) < 4.78 is 0. The summed E-state index contributed by atoms with van der Waals surface area (Å²) in [7, 11) is 1.75. The third-order valence-electron chi connectivity index (χ3n) is 3.62. The van der Waals surface area contributed by atoms with Gasteiger partial charge in [-0.1, -0.05) is 13.8 Å². The second-order valence-corrected chi connectivity index (χ2v) is 5.92. The number of thioether (sulfide) groups is 1. The minimum Gasteiger partial charge on any atom is -0.481 e. The van der Waals surface area contributed by atoms with E-state index in [1.165, 1.54) is 0 Å². The molecular weight excluding hydrogens is 264 g/mol. The first-order chi connectivity index (χ1) is 8.82. The van der Waals surface area contributed by atoms with E-state index in [0.29, 0.717) is 6.42 Å². The van der Waals surface area contributed by atoms with Crippen molar-refractivity contribution in [2.75, 3.05) is 25.6 Å². The summed E-state index contributed by atoms with van der Waals surface area (Å²) in [5, 5.41) is 11.9. The zero-order valence-electron chi connectivity index (χ0n) is 12.5. The molecule has 0 heterocycles. The van der Waals surface area contributed by atoms with Gasteiger partial charge in [-0.2, -0.15) is 11.8 Å². The normalized spacial score (nSPS) is 15.4. The smallest absolute Gasteiger partial charge is 0.317 e. The van der Waals surface area contributed by atoms with Gasteiger partial charge in [0.1, 0.15) is 0 Å². The van der Waals surface area contributed by atoms with Gasteiger partial charge in [-0.15, -0.1) is 0 Å². The van der Waals surface area contributed by atoms with Gasteiger partial charge in [-0.3, -0.25) is 4.79 Å². The summed E-state index contributed by atoms with van der Waals surface area (Å²) in [6.07, 6.45) is 3.37. The SMILES string of the molecule is CCC(CSC)N(C)C(=O)NCC(C)(CC)C(=O)O. The van der Waals surface area contributed by atoms with E-state index in [2.05, 4.69) is 5.32 Å². The minimum absolute atomic E-state index is 0.151. The van der Waals surface area contributed by atoms with Crippen LogP contribution in [0.2, 0.25) is 0 Å². The van der Waals surface area contributed by atoms with Crippen LogP contribution in [0.5, 0.6) is 0 Å². The Morgan fingerprint density at radius 1 is 1.42 bits per heavy atom. The van der Waals surface area contributed by atoms with Crippen molar-refractivity contribution in [3.05, 3.63) is 0 Å². The van der Waals surface area contributed by atoms with Crippen LogP contribution in [0.1, 0.15) is 33.6 Å². The van der Waals surface area contributed by atoms with E-state index in [-0.39, 0.29) is 18.6 Å². The number of aliphatic carboxylic acids is 1. The van der Waals surface area contributed by atoms with E-state index in [9.17, 15) is 9.59 Å². The molecule has 19 heavy (non-hydrogen) atoms. The van der Waals surface area contributed by atoms with Crippen LogP contribution in [-0.2, 0) is 4.79 Å². The van der Waals surface area contributed by atoms with Crippen LogP contribution in [0.15, 0.2) is 0 Å². The van der Waals surface area contributed by atoms with Gasteiger partial charge in [0.05, 0.1) is 5.41 Å². The average molecular weight is 290 g/mol. The Labute approximate surface area is 120 Å². The van der Waals surface area contributed by atoms with Gasteiger partial charge in [0.15, 0.2) is 0 Å². The maximum Gasteiger partial charge on any atom is 0.317 e. The van der Waals surface area contributed by atoms with Crippen molar-refractivity contribution in [1.29, 1.82) is 0 Å². The highest BCUT2D eigenvalue weighted by Gasteiger charge is 2.32. The average Bonchev–Trinajstić information content (AvgIpc) is 2.40. The van der Waals surface area contributed by atoms with Crippen molar-refractivity contribution in [2.45, 2.75) is 39.7 Å². The number of carboxylic acids is 1. The first-order valence-corrected chi connectivity index (χ1v) is 7.94. The summed E-state index contributed by atoms with van der Waals surface area (Å²) in [6.45, 7) is 5.65. The molecule has 0 fully saturated rings. The quantitative estimate of drug-likeness (QED) is 0.719. The van der Waals surface area contributed by atoms with Gasteiger partial charge in [0.25, 0.3) is 0 Å². The zero-order chi connectivity index (χ0) is 15.1. The molecule has 2 N–H and O–H groups in total. The Morgan fingerprint density at radius 3 is 2.37 bits per heavy atom. The number of nitrogens with zero attached hydrogens (tertiary/aromatic N) is 1. The second-order valence-electron chi connectivity index (χ2n) is 5.01. The molecule has 0 aromatic rings. The molecule has 112 valence electrons. The van der Waals surface area contributed by atoms with Crippen molar-refractivity contribution in [1.82, 2.24) is 10.2 Å². The first kappa shape index (κ1) is 18.1. The van der Waals surface area contributed by atoms with E-state index >= 15 is 0 Å². The van der Waals surface area contributed by atoms with Crippen LogP contribution in [0.4, 0.5) is 4.79 Å². The predicted molar refractivity (Wildman–Crippen MR) is 79.7 cm³/mol. The van der Waals surface area contributed by atoms with Crippen LogP contribution in [0.3, 0.4) is 0 Å². The van der Waals surface area contributed by atoms with E-state index in [0.717, 1.165) is 12.2 Å². The molecule has 6 heteroatoms. The van der Waals surface area contributed by atoms with Gasteiger partial charge in [-0.05, 0) is 26.0 Å². The number of urea groups is 1.